The van der Waals surface area contributed by atoms with Crippen molar-refractivity contribution in [2.75, 3.05) is 33.3 Å². The number of piperazine rings is 1. The highest BCUT2D eigenvalue weighted by Crippen LogP contribution is 2.31. The van der Waals surface area contributed by atoms with Crippen LogP contribution < -0.4 is 4.74 Å². The highest BCUT2D eigenvalue weighted by Gasteiger charge is 2.28. The van der Waals surface area contributed by atoms with Crippen molar-refractivity contribution in [3.05, 3.63) is 107 Å². The van der Waals surface area contributed by atoms with Crippen molar-refractivity contribution < 1.29 is 14.3 Å². The van der Waals surface area contributed by atoms with Crippen LogP contribution in [0.15, 0.2) is 84.9 Å². The Morgan fingerprint density at radius 2 is 1.32 bits per heavy atom. The summed E-state index contributed by atoms with van der Waals surface area (Å²) >= 11 is 0. The van der Waals surface area contributed by atoms with Crippen molar-refractivity contribution in [1.82, 2.24) is 14.4 Å². The smallest absolute Gasteiger partial charge is 0.255 e. The zero-order valence-corrected chi connectivity index (χ0v) is 21.5. The third kappa shape index (κ3) is 4.87. The molecule has 6 heteroatoms. The van der Waals surface area contributed by atoms with Crippen LogP contribution in [0.4, 0.5) is 0 Å². The van der Waals surface area contributed by atoms with Crippen LogP contribution in [0.5, 0.6) is 5.75 Å². The van der Waals surface area contributed by atoms with Gasteiger partial charge in [-0.15, -0.1) is 0 Å². The number of hydrogen-bond donors (Lipinski definition) is 0. The Kier molecular flexibility index (Phi) is 6.82. The van der Waals surface area contributed by atoms with E-state index in [-0.39, 0.29) is 11.8 Å². The lowest BCUT2D eigenvalue weighted by Crippen LogP contribution is -2.50. The molecule has 4 aromatic rings. The van der Waals surface area contributed by atoms with E-state index in [1.54, 1.807) is 7.11 Å². The molecule has 1 saturated heterocycles. The molecule has 1 fully saturated rings. The molecular formula is C31H31N3O3. The molecule has 0 unspecified atom stereocenters. The highest BCUT2D eigenvalue weighted by atomic mass is 16.5. The third-order valence-corrected chi connectivity index (χ3v) is 7.03. The zero-order chi connectivity index (χ0) is 25.9. The van der Waals surface area contributed by atoms with Gasteiger partial charge in [-0.25, -0.2) is 0 Å². The van der Waals surface area contributed by atoms with Crippen LogP contribution in [0.2, 0.25) is 0 Å². The first-order chi connectivity index (χ1) is 18.0. The zero-order valence-electron chi connectivity index (χ0n) is 21.5. The van der Waals surface area contributed by atoms with Gasteiger partial charge in [-0.1, -0.05) is 35.9 Å². The van der Waals surface area contributed by atoms with Crippen molar-refractivity contribution in [2.45, 2.75) is 13.8 Å². The molecule has 2 amide bonds. The van der Waals surface area contributed by atoms with Gasteiger partial charge < -0.3 is 19.1 Å². The minimum absolute atomic E-state index is 0.00932. The van der Waals surface area contributed by atoms with Crippen LogP contribution in [0, 0.1) is 13.8 Å². The van der Waals surface area contributed by atoms with Crippen LogP contribution in [-0.4, -0.2) is 59.5 Å². The fourth-order valence-electron chi connectivity index (χ4n) is 4.87. The van der Waals surface area contributed by atoms with Gasteiger partial charge in [-0.2, -0.15) is 0 Å². The summed E-state index contributed by atoms with van der Waals surface area (Å²) in [6, 6.07) is 27.5. The third-order valence-electron chi connectivity index (χ3n) is 7.03. The van der Waals surface area contributed by atoms with Gasteiger partial charge in [0.2, 0.25) is 0 Å². The fourth-order valence-corrected chi connectivity index (χ4v) is 4.87. The van der Waals surface area contributed by atoms with Gasteiger partial charge in [-0.05, 0) is 74.0 Å². The summed E-state index contributed by atoms with van der Waals surface area (Å²) in [7, 11) is 1.65. The van der Waals surface area contributed by atoms with Gasteiger partial charge in [0.05, 0.1) is 18.4 Å². The van der Waals surface area contributed by atoms with Crippen molar-refractivity contribution in [2.24, 2.45) is 0 Å². The molecular weight excluding hydrogens is 462 g/mol. The van der Waals surface area contributed by atoms with Crippen molar-refractivity contribution in [3.8, 4) is 22.7 Å². The van der Waals surface area contributed by atoms with E-state index in [0.717, 1.165) is 28.4 Å². The Hall–Kier alpha value is -4.32. The molecule has 6 nitrogen and oxygen atoms in total. The average Bonchev–Trinajstić information content (AvgIpc) is 3.30. The molecule has 0 atom stereocenters. The number of benzene rings is 3. The van der Waals surface area contributed by atoms with Crippen molar-refractivity contribution >= 4 is 11.8 Å². The van der Waals surface area contributed by atoms with Crippen molar-refractivity contribution in [3.63, 3.8) is 0 Å². The maximum absolute atomic E-state index is 13.7. The van der Waals surface area contributed by atoms with Crippen LogP contribution in [0.3, 0.4) is 0 Å². The first-order valence-electron chi connectivity index (χ1n) is 12.5. The molecule has 0 radical (unpaired) electrons. The SMILES string of the molecule is COc1ccc(-c2cc(C(=O)N3CCN(C(=O)c4ccccc4)CC3)c(C)n2-c2ccc(C)cc2)cc1. The number of ether oxygens (including phenoxy) is 1. The van der Waals surface area contributed by atoms with Gasteiger partial charge in [0.15, 0.2) is 0 Å². The van der Waals surface area contributed by atoms with Crippen LogP contribution >= 0.6 is 0 Å². The van der Waals surface area contributed by atoms with Crippen molar-refractivity contribution in [1.29, 1.82) is 0 Å². The summed E-state index contributed by atoms with van der Waals surface area (Å²) in [6.07, 6.45) is 0. The molecule has 1 aliphatic heterocycles. The van der Waals surface area contributed by atoms with E-state index in [9.17, 15) is 9.59 Å². The molecule has 188 valence electrons. The van der Waals surface area contributed by atoms with Gasteiger partial charge >= 0.3 is 0 Å². The van der Waals surface area contributed by atoms with E-state index in [0.29, 0.717) is 37.3 Å². The molecule has 2 heterocycles. The highest BCUT2D eigenvalue weighted by molar-refractivity contribution is 5.98. The topological polar surface area (TPSA) is 54.8 Å². The maximum Gasteiger partial charge on any atom is 0.255 e. The molecule has 0 aliphatic carbocycles. The second-order valence-corrected chi connectivity index (χ2v) is 9.38. The maximum atomic E-state index is 13.7. The van der Waals surface area contributed by atoms with E-state index < -0.39 is 0 Å². The summed E-state index contributed by atoms with van der Waals surface area (Å²) < 4.78 is 7.48. The first-order valence-corrected chi connectivity index (χ1v) is 12.5. The van der Waals surface area contributed by atoms with E-state index in [4.69, 9.17) is 4.74 Å². The monoisotopic (exact) mass is 493 g/mol. The summed E-state index contributed by atoms with van der Waals surface area (Å²) in [5, 5.41) is 0. The Balaban J connectivity index is 1.43. The average molecular weight is 494 g/mol. The van der Waals surface area contributed by atoms with Crippen LogP contribution in [0.25, 0.3) is 16.9 Å². The number of aromatic nitrogens is 1. The largest absolute Gasteiger partial charge is 0.497 e. The second-order valence-electron chi connectivity index (χ2n) is 9.38. The second kappa shape index (κ2) is 10.3. The number of carbonyl (C=O) groups excluding carboxylic acids is 2. The normalized spacial score (nSPS) is 13.5. The Labute approximate surface area is 217 Å². The molecule has 1 aliphatic rings. The summed E-state index contributed by atoms with van der Waals surface area (Å²) in [5.41, 5.74) is 6.38. The predicted octanol–water partition coefficient (Wildman–Crippen LogP) is 5.37. The molecule has 3 aromatic carbocycles. The number of nitrogens with zero attached hydrogens (tertiary/aromatic N) is 3. The number of aryl methyl sites for hydroxylation is 1. The molecule has 0 spiro atoms. The first kappa shape index (κ1) is 24.4. The quantitative estimate of drug-likeness (QED) is 0.376. The molecule has 0 bridgehead atoms. The lowest BCUT2D eigenvalue weighted by molar-refractivity contribution is 0.0535. The van der Waals surface area contributed by atoms with Crippen LogP contribution in [-0.2, 0) is 0 Å². The number of carbonyl (C=O) groups is 2. The number of methoxy groups -OCH3 is 1. The van der Waals surface area contributed by atoms with Gasteiger partial charge in [-0.3, -0.25) is 9.59 Å². The Morgan fingerprint density at radius 3 is 1.92 bits per heavy atom. The summed E-state index contributed by atoms with van der Waals surface area (Å²) in [4.78, 5) is 30.3. The summed E-state index contributed by atoms with van der Waals surface area (Å²) in [5.74, 6) is 0.786. The lowest BCUT2D eigenvalue weighted by Gasteiger charge is -2.34. The van der Waals surface area contributed by atoms with E-state index in [1.807, 2.05) is 77.4 Å². The number of amides is 2. The summed E-state index contributed by atoms with van der Waals surface area (Å²) in [6.45, 7) is 6.10. The predicted molar refractivity (Wildman–Crippen MR) is 145 cm³/mol. The number of hydrogen-bond acceptors (Lipinski definition) is 3. The standard InChI is InChI=1S/C31H31N3O3/c1-22-9-13-26(14-10-22)34-23(2)28(21-29(34)24-11-15-27(37-3)16-12-24)31(36)33-19-17-32(18-20-33)30(35)25-7-5-4-6-8-25/h4-16,21H,17-20H2,1-3H3. The van der Waals surface area contributed by atoms with Gasteiger partial charge in [0, 0.05) is 43.1 Å². The van der Waals surface area contributed by atoms with Crippen LogP contribution in [0.1, 0.15) is 32.0 Å². The molecule has 5 rings (SSSR count). The molecule has 1 aromatic heterocycles. The minimum Gasteiger partial charge on any atom is -0.497 e. The molecule has 0 N–H and O–H groups in total. The molecule has 0 saturated carbocycles. The van der Waals surface area contributed by atoms with Gasteiger partial charge in [0.25, 0.3) is 11.8 Å². The molecule has 37 heavy (non-hydrogen) atoms. The fraction of sp³-hybridized carbons (Fsp3) is 0.226. The van der Waals surface area contributed by atoms with E-state index in [2.05, 4.69) is 35.8 Å². The lowest BCUT2D eigenvalue weighted by atomic mass is 10.1. The minimum atomic E-state index is -0.00932. The van der Waals surface area contributed by atoms with E-state index in [1.165, 1.54) is 5.56 Å². The van der Waals surface area contributed by atoms with E-state index >= 15 is 0 Å². The number of rotatable bonds is 5. The Bertz CT molecular complexity index is 1400. The van der Waals surface area contributed by atoms with Gasteiger partial charge in [0.1, 0.15) is 5.75 Å². The Morgan fingerprint density at radius 1 is 0.730 bits per heavy atom.